The van der Waals surface area contributed by atoms with Crippen LogP contribution in [0.1, 0.15) is 17.0 Å². The van der Waals surface area contributed by atoms with E-state index in [1.54, 1.807) is 21.6 Å². The van der Waals surface area contributed by atoms with Gasteiger partial charge in [-0.3, -0.25) is 4.84 Å². The number of hydrogen-bond donors (Lipinski definition) is 2. The molecule has 0 spiro atoms. The second kappa shape index (κ2) is 9.87. The van der Waals surface area contributed by atoms with Crippen molar-refractivity contribution in [2.45, 2.75) is 5.92 Å². The first-order valence-corrected chi connectivity index (χ1v) is 10.9. The maximum Gasteiger partial charge on any atom is 0.431 e. The van der Waals surface area contributed by atoms with Crippen molar-refractivity contribution < 1.29 is 19.5 Å². The average Bonchev–Trinajstić information content (AvgIpc) is 3.00. The van der Waals surface area contributed by atoms with E-state index in [9.17, 15) is 4.79 Å². The van der Waals surface area contributed by atoms with Gasteiger partial charge >= 0.3 is 6.09 Å². The van der Waals surface area contributed by atoms with E-state index >= 15 is 0 Å². The molecule has 2 aromatic rings. The number of rotatable bonds is 9. The van der Waals surface area contributed by atoms with Gasteiger partial charge in [-0.25, -0.2) is 4.79 Å². The minimum absolute atomic E-state index is 0.0404. The van der Waals surface area contributed by atoms with Crippen molar-refractivity contribution in [3.05, 3.63) is 59.7 Å². The molecule has 26 heavy (non-hydrogen) atoms. The van der Waals surface area contributed by atoms with Gasteiger partial charge in [0.1, 0.15) is 6.61 Å². The molecule has 0 aromatic heterocycles. The van der Waals surface area contributed by atoms with Gasteiger partial charge in [0.05, 0.1) is 13.2 Å². The van der Waals surface area contributed by atoms with Crippen LogP contribution in [-0.2, 0) is 9.57 Å². The predicted molar refractivity (Wildman–Crippen MR) is 106 cm³/mol. The molecule has 1 aliphatic carbocycles. The molecule has 0 fully saturated rings. The zero-order chi connectivity index (χ0) is 18.2. The van der Waals surface area contributed by atoms with Gasteiger partial charge in [-0.1, -0.05) is 70.1 Å². The third-order valence-corrected chi connectivity index (χ3v) is 6.38. The lowest BCUT2D eigenvalue weighted by Crippen LogP contribution is -2.27. The fourth-order valence-electron chi connectivity index (χ4n) is 2.97. The fourth-order valence-corrected chi connectivity index (χ4v) is 4.57. The maximum atomic E-state index is 11.9. The standard InChI is InChI=1S/C19H21NO4S2/c21-9-11-25-26-12-10-24-20-19(22)23-13-18-16-7-3-1-5-14(16)15-6-2-4-8-17(15)18/h1-8,18,21H,9-13H2,(H,20,22). The first kappa shape index (κ1) is 19.1. The lowest BCUT2D eigenvalue weighted by molar-refractivity contribution is 0.0348. The van der Waals surface area contributed by atoms with E-state index in [0.29, 0.717) is 18.1 Å². The average molecular weight is 392 g/mol. The Bertz CT molecular complexity index is 695. The molecular formula is C19H21NO4S2. The van der Waals surface area contributed by atoms with Gasteiger partial charge in [0, 0.05) is 17.4 Å². The van der Waals surface area contributed by atoms with Crippen LogP contribution in [0, 0.1) is 0 Å². The summed E-state index contributed by atoms with van der Waals surface area (Å²) in [7, 11) is 3.16. The Hall–Kier alpha value is -1.67. The molecule has 0 bridgehead atoms. The Kier molecular flexibility index (Phi) is 7.25. The zero-order valence-corrected chi connectivity index (χ0v) is 15.9. The van der Waals surface area contributed by atoms with Gasteiger partial charge in [-0.05, 0) is 22.3 Å². The molecule has 0 heterocycles. The first-order chi connectivity index (χ1) is 12.8. The van der Waals surface area contributed by atoms with Gasteiger partial charge in [0.15, 0.2) is 0 Å². The molecule has 7 heteroatoms. The number of hydrogen-bond acceptors (Lipinski definition) is 6. The number of carbonyl (C=O) groups excluding carboxylic acids is 1. The molecule has 3 rings (SSSR count). The quantitative estimate of drug-likeness (QED) is 0.385. The Morgan fingerprint density at radius 2 is 1.62 bits per heavy atom. The Balaban J connectivity index is 1.47. The Morgan fingerprint density at radius 3 is 2.27 bits per heavy atom. The highest BCUT2D eigenvalue weighted by atomic mass is 33.1. The summed E-state index contributed by atoms with van der Waals surface area (Å²) >= 11 is 0. The molecule has 0 atom stereocenters. The summed E-state index contributed by atoms with van der Waals surface area (Å²) in [6.45, 7) is 0.814. The number of amides is 1. The van der Waals surface area contributed by atoms with Crippen LogP contribution in [-0.4, -0.2) is 42.5 Å². The molecule has 0 aliphatic heterocycles. The third kappa shape index (κ3) is 4.73. The van der Waals surface area contributed by atoms with Crippen LogP contribution in [0.2, 0.25) is 0 Å². The highest BCUT2D eigenvalue weighted by molar-refractivity contribution is 8.76. The zero-order valence-electron chi connectivity index (χ0n) is 14.2. The number of fused-ring (bicyclic) bond motifs is 3. The minimum atomic E-state index is -0.583. The van der Waals surface area contributed by atoms with Crippen molar-refractivity contribution >= 4 is 27.7 Å². The smallest absolute Gasteiger partial charge is 0.431 e. The van der Waals surface area contributed by atoms with Crippen LogP contribution in [0.15, 0.2) is 48.5 Å². The summed E-state index contributed by atoms with van der Waals surface area (Å²) in [5.41, 5.74) is 7.07. The van der Waals surface area contributed by atoms with Crippen molar-refractivity contribution in [1.29, 1.82) is 0 Å². The number of hydroxylamine groups is 1. The summed E-state index contributed by atoms with van der Waals surface area (Å²) in [4.78, 5) is 17.0. The second-order valence-electron chi connectivity index (χ2n) is 5.64. The van der Waals surface area contributed by atoms with Crippen molar-refractivity contribution in [3.63, 3.8) is 0 Å². The first-order valence-electron chi connectivity index (χ1n) is 8.39. The topological polar surface area (TPSA) is 67.8 Å². The monoisotopic (exact) mass is 391 g/mol. The molecule has 0 saturated carbocycles. The number of ether oxygens (including phenoxy) is 1. The van der Waals surface area contributed by atoms with E-state index in [2.05, 4.69) is 29.7 Å². The van der Waals surface area contributed by atoms with E-state index in [1.807, 2.05) is 24.3 Å². The van der Waals surface area contributed by atoms with Gasteiger partial charge in [-0.15, -0.1) is 0 Å². The van der Waals surface area contributed by atoms with Crippen LogP contribution in [0.25, 0.3) is 11.1 Å². The minimum Gasteiger partial charge on any atom is -0.447 e. The molecule has 0 unspecified atom stereocenters. The number of carbonyl (C=O) groups is 1. The fraction of sp³-hybridized carbons (Fsp3) is 0.316. The van der Waals surface area contributed by atoms with E-state index in [1.165, 1.54) is 22.3 Å². The van der Waals surface area contributed by atoms with Crippen LogP contribution in [0.3, 0.4) is 0 Å². The summed E-state index contributed by atoms with van der Waals surface area (Å²) < 4.78 is 5.36. The number of aliphatic hydroxyl groups is 1. The molecule has 2 N–H and O–H groups in total. The van der Waals surface area contributed by atoms with Gasteiger partial charge in [-0.2, -0.15) is 5.48 Å². The van der Waals surface area contributed by atoms with Crippen molar-refractivity contribution in [1.82, 2.24) is 5.48 Å². The normalized spacial score (nSPS) is 12.5. The highest BCUT2D eigenvalue weighted by Gasteiger charge is 2.28. The predicted octanol–water partition coefficient (Wildman–Crippen LogP) is 3.83. The lowest BCUT2D eigenvalue weighted by Gasteiger charge is -2.14. The van der Waals surface area contributed by atoms with Crippen LogP contribution < -0.4 is 5.48 Å². The number of aliphatic hydroxyl groups excluding tert-OH is 1. The Labute approximate surface area is 160 Å². The maximum absolute atomic E-state index is 11.9. The number of benzene rings is 2. The van der Waals surface area contributed by atoms with Crippen LogP contribution in [0.5, 0.6) is 0 Å². The van der Waals surface area contributed by atoms with Gasteiger partial charge < -0.3 is 9.84 Å². The van der Waals surface area contributed by atoms with Crippen LogP contribution in [0.4, 0.5) is 4.79 Å². The van der Waals surface area contributed by atoms with Crippen LogP contribution >= 0.6 is 21.6 Å². The molecule has 2 aromatic carbocycles. The molecular weight excluding hydrogens is 370 g/mol. The third-order valence-electron chi connectivity index (χ3n) is 4.03. The van der Waals surface area contributed by atoms with Crippen molar-refractivity contribution in [2.75, 3.05) is 31.3 Å². The summed E-state index contributed by atoms with van der Waals surface area (Å²) in [6, 6.07) is 16.4. The van der Waals surface area contributed by atoms with Gasteiger partial charge in [0.2, 0.25) is 0 Å². The van der Waals surface area contributed by atoms with E-state index in [-0.39, 0.29) is 19.1 Å². The van der Waals surface area contributed by atoms with Gasteiger partial charge in [0.25, 0.3) is 0 Å². The molecule has 0 radical (unpaired) electrons. The van der Waals surface area contributed by atoms with E-state index in [0.717, 1.165) is 0 Å². The van der Waals surface area contributed by atoms with Crippen molar-refractivity contribution in [2.24, 2.45) is 0 Å². The van der Waals surface area contributed by atoms with Crippen molar-refractivity contribution in [3.8, 4) is 11.1 Å². The molecule has 0 saturated heterocycles. The SMILES string of the molecule is O=C(NOCCSSCCO)OCC1c2ccccc2-c2ccccc21. The molecule has 1 aliphatic rings. The number of nitrogens with one attached hydrogen (secondary N) is 1. The molecule has 1 amide bonds. The largest absolute Gasteiger partial charge is 0.447 e. The summed E-state index contributed by atoms with van der Waals surface area (Å²) in [5.74, 6) is 1.44. The van der Waals surface area contributed by atoms with E-state index < -0.39 is 6.09 Å². The highest BCUT2D eigenvalue weighted by Crippen LogP contribution is 2.44. The summed E-state index contributed by atoms with van der Waals surface area (Å²) in [6.07, 6.45) is -0.583. The second-order valence-corrected chi connectivity index (χ2v) is 8.35. The summed E-state index contributed by atoms with van der Waals surface area (Å²) in [5, 5.41) is 8.67. The molecule has 5 nitrogen and oxygen atoms in total. The lowest BCUT2D eigenvalue weighted by atomic mass is 9.98. The molecule has 138 valence electrons. The van der Waals surface area contributed by atoms with E-state index in [4.69, 9.17) is 14.7 Å². The Morgan fingerprint density at radius 1 is 1.00 bits per heavy atom.